The van der Waals surface area contributed by atoms with Crippen LogP contribution in [-0.2, 0) is 21.4 Å². The Balaban J connectivity index is 1.39. The van der Waals surface area contributed by atoms with Gasteiger partial charge in [-0.15, -0.1) is 0 Å². The Morgan fingerprint density at radius 1 is 0.973 bits per heavy atom. The highest BCUT2D eigenvalue weighted by atomic mass is 32.2. The zero-order valence-corrected chi connectivity index (χ0v) is 21.1. The number of aromatic nitrogens is 1. The monoisotopic (exact) mass is 545 g/mol. The second kappa shape index (κ2) is 10.2. The van der Waals surface area contributed by atoms with Crippen molar-refractivity contribution in [3.05, 3.63) is 89.7 Å². The summed E-state index contributed by atoms with van der Waals surface area (Å²) in [6.07, 6.45) is 0.552. The van der Waals surface area contributed by atoms with Crippen LogP contribution in [0.4, 0.5) is 18.3 Å². The van der Waals surface area contributed by atoms with Crippen molar-refractivity contribution in [2.75, 3.05) is 18.0 Å². The van der Waals surface area contributed by atoms with E-state index in [2.05, 4.69) is 4.98 Å². The van der Waals surface area contributed by atoms with Crippen LogP contribution in [0.5, 0.6) is 0 Å². The van der Waals surface area contributed by atoms with Crippen LogP contribution in [-0.4, -0.2) is 36.7 Å². The van der Waals surface area contributed by atoms with Gasteiger partial charge < -0.3 is 0 Å². The Hall–Kier alpha value is -3.28. The lowest BCUT2D eigenvalue weighted by atomic mass is 9.96. The molecule has 37 heavy (non-hydrogen) atoms. The van der Waals surface area contributed by atoms with Crippen LogP contribution in [0, 0.1) is 23.4 Å². The SMILES string of the molecule is O=C(C1CCN(S(=O)(=O)c2ccc(F)cc2)CC1)N(Cc1ccccc1)c1nc2c(F)cc(F)cc2s1. The molecule has 4 aromatic rings. The highest BCUT2D eigenvalue weighted by Crippen LogP contribution is 2.34. The molecule has 3 aromatic carbocycles. The lowest BCUT2D eigenvalue weighted by Gasteiger charge is -2.33. The van der Waals surface area contributed by atoms with E-state index >= 15 is 0 Å². The van der Waals surface area contributed by atoms with Gasteiger partial charge in [-0.3, -0.25) is 9.69 Å². The number of hydrogen-bond acceptors (Lipinski definition) is 5. The van der Waals surface area contributed by atoms with Gasteiger partial charge >= 0.3 is 0 Å². The summed E-state index contributed by atoms with van der Waals surface area (Å²) in [6, 6.07) is 15.8. The minimum absolute atomic E-state index is 0.00637. The summed E-state index contributed by atoms with van der Waals surface area (Å²) in [5.74, 6) is -2.81. The number of amides is 1. The van der Waals surface area contributed by atoms with Crippen molar-refractivity contribution in [2.45, 2.75) is 24.3 Å². The van der Waals surface area contributed by atoms with E-state index in [9.17, 15) is 26.4 Å². The first-order valence-electron chi connectivity index (χ1n) is 11.6. The van der Waals surface area contributed by atoms with Crippen molar-refractivity contribution in [1.82, 2.24) is 9.29 Å². The van der Waals surface area contributed by atoms with E-state index in [1.165, 1.54) is 27.4 Å². The molecule has 192 valence electrons. The van der Waals surface area contributed by atoms with Crippen molar-refractivity contribution in [2.24, 2.45) is 5.92 Å². The van der Waals surface area contributed by atoms with Crippen molar-refractivity contribution in [3.8, 4) is 0 Å². The van der Waals surface area contributed by atoms with Crippen LogP contribution in [0.3, 0.4) is 0 Å². The number of nitrogens with zero attached hydrogens (tertiary/aromatic N) is 3. The average molecular weight is 546 g/mol. The van der Waals surface area contributed by atoms with Gasteiger partial charge in [0.05, 0.1) is 16.1 Å². The van der Waals surface area contributed by atoms with Crippen molar-refractivity contribution in [3.63, 3.8) is 0 Å². The molecule has 1 saturated heterocycles. The van der Waals surface area contributed by atoms with Crippen molar-refractivity contribution >= 4 is 42.6 Å². The zero-order valence-electron chi connectivity index (χ0n) is 19.5. The van der Waals surface area contributed by atoms with Crippen molar-refractivity contribution in [1.29, 1.82) is 0 Å². The summed E-state index contributed by atoms with van der Waals surface area (Å²) < 4.78 is 68.9. The Bertz CT molecular complexity index is 1540. The Kier molecular flexibility index (Phi) is 7.02. The second-order valence-corrected chi connectivity index (χ2v) is 11.7. The maximum atomic E-state index is 14.3. The molecule has 11 heteroatoms. The Morgan fingerprint density at radius 2 is 1.65 bits per heavy atom. The third-order valence-corrected chi connectivity index (χ3v) is 9.28. The molecule has 1 aliphatic heterocycles. The van der Waals surface area contributed by atoms with Gasteiger partial charge in [0.25, 0.3) is 0 Å². The van der Waals surface area contributed by atoms with Gasteiger partial charge in [0.1, 0.15) is 17.2 Å². The van der Waals surface area contributed by atoms with Gasteiger partial charge in [-0.1, -0.05) is 41.7 Å². The lowest BCUT2D eigenvalue weighted by molar-refractivity contribution is -0.123. The summed E-state index contributed by atoms with van der Waals surface area (Å²) >= 11 is 1.03. The Labute approximate surface area is 216 Å². The summed E-state index contributed by atoms with van der Waals surface area (Å²) in [5.41, 5.74) is 0.825. The summed E-state index contributed by atoms with van der Waals surface area (Å²) in [7, 11) is -3.82. The van der Waals surface area contributed by atoms with Crippen LogP contribution < -0.4 is 4.90 Å². The number of rotatable bonds is 6. The van der Waals surface area contributed by atoms with Gasteiger partial charge in [0.15, 0.2) is 10.9 Å². The van der Waals surface area contributed by atoms with Gasteiger partial charge in [-0.2, -0.15) is 4.31 Å². The molecule has 1 aliphatic rings. The van der Waals surface area contributed by atoms with Crippen LogP contribution in [0.25, 0.3) is 10.2 Å². The largest absolute Gasteiger partial charge is 0.283 e. The molecule has 0 atom stereocenters. The number of carbonyl (C=O) groups excluding carboxylic acids is 1. The number of hydrogen-bond donors (Lipinski definition) is 0. The van der Waals surface area contributed by atoms with E-state index in [1.807, 2.05) is 30.3 Å². The first kappa shape index (κ1) is 25.4. The molecule has 1 aromatic heterocycles. The van der Waals surface area contributed by atoms with E-state index in [0.717, 1.165) is 35.1 Å². The highest BCUT2D eigenvalue weighted by molar-refractivity contribution is 7.89. The number of piperidine rings is 1. The fourth-order valence-corrected chi connectivity index (χ4v) is 6.87. The standard InChI is InChI=1S/C26H22F3N3O3S2/c27-19-6-8-21(9-7-19)37(34,35)31-12-10-18(11-13-31)25(33)32(16-17-4-2-1-3-5-17)26-30-24-22(29)14-20(28)15-23(24)36-26/h1-9,14-15,18H,10-13,16H2. The van der Waals surface area contributed by atoms with E-state index in [0.29, 0.717) is 4.70 Å². The lowest BCUT2D eigenvalue weighted by Crippen LogP contribution is -2.44. The molecule has 0 bridgehead atoms. The van der Waals surface area contributed by atoms with Gasteiger partial charge in [0.2, 0.25) is 15.9 Å². The van der Waals surface area contributed by atoms with E-state index in [-0.39, 0.29) is 53.9 Å². The second-order valence-electron chi connectivity index (χ2n) is 8.77. The number of fused-ring (bicyclic) bond motifs is 1. The predicted octanol–water partition coefficient (Wildman–Crippen LogP) is 5.35. The maximum Gasteiger partial charge on any atom is 0.243 e. The molecule has 5 rings (SSSR count). The van der Waals surface area contributed by atoms with E-state index < -0.39 is 33.4 Å². The predicted molar refractivity (Wildman–Crippen MR) is 135 cm³/mol. The normalized spacial score (nSPS) is 15.2. The smallest absolute Gasteiger partial charge is 0.243 e. The molecule has 0 aliphatic carbocycles. The number of sulfonamides is 1. The molecule has 2 heterocycles. The minimum Gasteiger partial charge on any atom is -0.283 e. The number of anilines is 1. The summed E-state index contributed by atoms with van der Waals surface area (Å²) in [6.45, 7) is 0.418. The van der Waals surface area contributed by atoms with Crippen LogP contribution in [0.2, 0.25) is 0 Å². The van der Waals surface area contributed by atoms with E-state index in [4.69, 9.17) is 0 Å². The molecular weight excluding hydrogens is 523 g/mol. The molecule has 6 nitrogen and oxygen atoms in total. The topological polar surface area (TPSA) is 70.6 Å². The highest BCUT2D eigenvalue weighted by Gasteiger charge is 2.35. The number of benzene rings is 3. The van der Waals surface area contributed by atoms with Gasteiger partial charge in [-0.25, -0.2) is 26.6 Å². The Morgan fingerprint density at radius 3 is 2.32 bits per heavy atom. The molecule has 0 radical (unpaired) electrons. The molecule has 1 amide bonds. The quantitative estimate of drug-likeness (QED) is 0.328. The van der Waals surface area contributed by atoms with Crippen molar-refractivity contribution < 1.29 is 26.4 Å². The first-order valence-corrected chi connectivity index (χ1v) is 13.8. The summed E-state index contributed by atoms with van der Waals surface area (Å²) in [5, 5.41) is 0.245. The van der Waals surface area contributed by atoms with E-state index in [1.54, 1.807) is 0 Å². The average Bonchev–Trinajstić information content (AvgIpc) is 3.32. The number of thiazole rings is 1. The fraction of sp³-hybridized carbons (Fsp3) is 0.231. The fourth-order valence-electron chi connectivity index (χ4n) is 4.39. The number of carbonyl (C=O) groups is 1. The van der Waals surface area contributed by atoms with Gasteiger partial charge in [0, 0.05) is 25.1 Å². The maximum absolute atomic E-state index is 14.3. The third-order valence-electron chi connectivity index (χ3n) is 6.34. The molecule has 1 fully saturated rings. The van der Waals surface area contributed by atoms with Crippen LogP contribution >= 0.6 is 11.3 Å². The zero-order chi connectivity index (χ0) is 26.2. The molecule has 0 spiro atoms. The molecular formula is C26H22F3N3O3S2. The minimum atomic E-state index is -3.82. The van der Waals surface area contributed by atoms with Crippen LogP contribution in [0.15, 0.2) is 71.6 Å². The number of halogens is 3. The first-order chi connectivity index (χ1) is 17.7. The van der Waals surface area contributed by atoms with Gasteiger partial charge in [-0.05, 0) is 48.7 Å². The molecule has 0 saturated carbocycles. The van der Waals surface area contributed by atoms with Crippen LogP contribution in [0.1, 0.15) is 18.4 Å². The third kappa shape index (κ3) is 5.25. The summed E-state index contributed by atoms with van der Waals surface area (Å²) in [4.78, 5) is 19.5. The molecule has 0 unspecified atom stereocenters. The molecule has 0 N–H and O–H groups in total.